The van der Waals surface area contributed by atoms with Crippen LogP contribution in [0.1, 0.15) is 31.7 Å². The van der Waals surface area contributed by atoms with Crippen molar-refractivity contribution in [2.24, 2.45) is 11.7 Å². The molecule has 1 saturated carbocycles. The Labute approximate surface area is 113 Å². The fourth-order valence-electron chi connectivity index (χ4n) is 2.21. The molecule has 0 aliphatic heterocycles. The lowest BCUT2D eigenvalue weighted by Crippen LogP contribution is -2.52. The molecule has 18 heavy (non-hydrogen) atoms. The minimum Gasteiger partial charge on any atom is -0.368 e. The first-order valence-electron chi connectivity index (χ1n) is 6.39. The van der Waals surface area contributed by atoms with Gasteiger partial charge < -0.3 is 5.73 Å². The van der Waals surface area contributed by atoms with Crippen molar-refractivity contribution in [1.29, 1.82) is 0 Å². The van der Waals surface area contributed by atoms with Crippen molar-refractivity contribution >= 4 is 17.5 Å². The van der Waals surface area contributed by atoms with E-state index in [1.807, 2.05) is 19.1 Å². The molecule has 2 rings (SSSR count). The van der Waals surface area contributed by atoms with Gasteiger partial charge in [-0.15, -0.1) is 0 Å². The Morgan fingerprint density at radius 1 is 1.44 bits per heavy atom. The maximum atomic E-state index is 11.9. The summed E-state index contributed by atoms with van der Waals surface area (Å²) in [5.41, 5.74) is 5.75. The van der Waals surface area contributed by atoms with Crippen molar-refractivity contribution in [1.82, 2.24) is 5.32 Å². The highest BCUT2D eigenvalue weighted by atomic mass is 35.5. The van der Waals surface area contributed by atoms with E-state index in [2.05, 4.69) is 5.32 Å². The Hall–Kier alpha value is -1.06. The highest BCUT2D eigenvalue weighted by Gasteiger charge is 2.37. The highest BCUT2D eigenvalue weighted by molar-refractivity contribution is 6.30. The number of benzene rings is 1. The molecular weight excluding hydrogens is 248 g/mol. The van der Waals surface area contributed by atoms with E-state index in [1.54, 1.807) is 12.1 Å². The van der Waals surface area contributed by atoms with Crippen molar-refractivity contribution in [3.05, 3.63) is 34.9 Å². The van der Waals surface area contributed by atoms with E-state index in [4.69, 9.17) is 17.3 Å². The minimum absolute atomic E-state index is 0.326. The lowest BCUT2D eigenvalue weighted by Gasteiger charge is -2.31. The predicted octanol–water partition coefficient (Wildman–Crippen LogP) is 2.43. The molecule has 98 valence electrons. The van der Waals surface area contributed by atoms with E-state index >= 15 is 0 Å². The van der Waals surface area contributed by atoms with Gasteiger partial charge in [-0.25, -0.2) is 0 Å². The summed E-state index contributed by atoms with van der Waals surface area (Å²) in [5.74, 6) is 0.371. The van der Waals surface area contributed by atoms with Gasteiger partial charge in [-0.3, -0.25) is 10.1 Å². The van der Waals surface area contributed by atoms with Gasteiger partial charge in [0.05, 0.1) is 0 Å². The molecule has 3 nitrogen and oxygen atoms in total. The number of nitrogens with one attached hydrogen (secondary N) is 1. The molecule has 1 aromatic rings. The van der Waals surface area contributed by atoms with Gasteiger partial charge in [0.2, 0.25) is 5.91 Å². The van der Waals surface area contributed by atoms with Gasteiger partial charge in [-0.1, -0.05) is 30.7 Å². The predicted molar refractivity (Wildman–Crippen MR) is 73.3 cm³/mol. The summed E-state index contributed by atoms with van der Waals surface area (Å²) >= 11 is 5.89. The van der Waals surface area contributed by atoms with Gasteiger partial charge in [-0.05, 0) is 49.4 Å². The van der Waals surface area contributed by atoms with Crippen molar-refractivity contribution in [3.8, 4) is 0 Å². The normalized spacial score (nSPS) is 18.3. The lowest BCUT2D eigenvalue weighted by atomic mass is 9.86. The molecule has 1 amide bonds. The third-order valence-corrected chi connectivity index (χ3v) is 3.93. The van der Waals surface area contributed by atoms with Gasteiger partial charge in [0.1, 0.15) is 5.54 Å². The topological polar surface area (TPSA) is 55.1 Å². The SMILES string of the molecule is CCC(NCC1CC1)(C(N)=O)c1ccc(Cl)cc1. The van der Waals surface area contributed by atoms with E-state index in [0.717, 1.165) is 12.1 Å². The summed E-state index contributed by atoms with van der Waals surface area (Å²) in [6.45, 7) is 2.82. The molecule has 4 heteroatoms. The largest absolute Gasteiger partial charge is 0.368 e. The van der Waals surface area contributed by atoms with Crippen LogP contribution in [0.4, 0.5) is 0 Å². The molecule has 1 fully saturated rings. The van der Waals surface area contributed by atoms with Gasteiger partial charge in [-0.2, -0.15) is 0 Å². The molecule has 1 aliphatic rings. The van der Waals surface area contributed by atoms with Crippen LogP contribution in [0.5, 0.6) is 0 Å². The van der Waals surface area contributed by atoms with E-state index in [9.17, 15) is 4.79 Å². The Morgan fingerprint density at radius 2 is 2.06 bits per heavy atom. The fourth-order valence-corrected chi connectivity index (χ4v) is 2.34. The van der Waals surface area contributed by atoms with Gasteiger partial charge in [0, 0.05) is 5.02 Å². The summed E-state index contributed by atoms with van der Waals surface area (Å²) < 4.78 is 0. The van der Waals surface area contributed by atoms with Crippen LogP contribution in [-0.4, -0.2) is 12.5 Å². The van der Waals surface area contributed by atoms with E-state index < -0.39 is 5.54 Å². The van der Waals surface area contributed by atoms with Crippen LogP contribution in [0.25, 0.3) is 0 Å². The van der Waals surface area contributed by atoms with Crippen LogP contribution in [0.15, 0.2) is 24.3 Å². The molecular formula is C14H19ClN2O. The first-order valence-corrected chi connectivity index (χ1v) is 6.77. The quantitative estimate of drug-likeness (QED) is 0.831. The summed E-state index contributed by atoms with van der Waals surface area (Å²) in [6.07, 6.45) is 3.12. The second kappa shape index (κ2) is 5.29. The zero-order chi connectivity index (χ0) is 13.2. The maximum Gasteiger partial charge on any atom is 0.242 e. The van der Waals surface area contributed by atoms with Crippen molar-refractivity contribution in [2.75, 3.05) is 6.54 Å². The Bertz CT molecular complexity index is 428. The molecule has 1 aromatic carbocycles. The van der Waals surface area contributed by atoms with Crippen LogP contribution in [0.3, 0.4) is 0 Å². The number of rotatable bonds is 6. The number of nitrogens with two attached hydrogens (primary N) is 1. The lowest BCUT2D eigenvalue weighted by molar-refractivity contribution is -0.125. The third-order valence-electron chi connectivity index (χ3n) is 3.68. The molecule has 1 unspecified atom stereocenters. The highest BCUT2D eigenvalue weighted by Crippen LogP contribution is 2.31. The number of carbonyl (C=O) groups excluding carboxylic acids is 1. The zero-order valence-corrected chi connectivity index (χ0v) is 11.3. The Kier molecular flexibility index (Phi) is 3.93. The second-order valence-corrected chi connectivity index (χ2v) is 5.39. The molecule has 0 bridgehead atoms. The molecule has 0 spiro atoms. The smallest absolute Gasteiger partial charge is 0.242 e. The number of hydrogen-bond donors (Lipinski definition) is 2. The Balaban J connectivity index is 2.26. The monoisotopic (exact) mass is 266 g/mol. The molecule has 3 N–H and O–H groups in total. The maximum absolute atomic E-state index is 11.9. The molecule has 1 atom stereocenters. The van der Waals surface area contributed by atoms with E-state index in [-0.39, 0.29) is 5.91 Å². The number of primary amides is 1. The zero-order valence-electron chi connectivity index (χ0n) is 10.6. The summed E-state index contributed by atoms with van der Waals surface area (Å²) in [7, 11) is 0. The third kappa shape index (κ3) is 2.68. The minimum atomic E-state index is -0.771. The fraction of sp³-hybridized carbons (Fsp3) is 0.500. The molecule has 0 saturated heterocycles. The van der Waals surface area contributed by atoms with Crippen molar-refractivity contribution in [2.45, 2.75) is 31.7 Å². The van der Waals surface area contributed by atoms with Gasteiger partial charge in [0.15, 0.2) is 0 Å². The van der Waals surface area contributed by atoms with E-state index in [1.165, 1.54) is 12.8 Å². The average molecular weight is 267 g/mol. The first-order chi connectivity index (χ1) is 8.58. The van der Waals surface area contributed by atoms with Crippen molar-refractivity contribution in [3.63, 3.8) is 0 Å². The van der Waals surface area contributed by atoms with Crippen LogP contribution < -0.4 is 11.1 Å². The summed E-state index contributed by atoms with van der Waals surface area (Å²) in [4.78, 5) is 11.9. The number of halogens is 1. The molecule has 0 radical (unpaired) electrons. The first kappa shape index (κ1) is 13.4. The molecule has 0 aromatic heterocycles. The molecule has 0 heterocycles. The van der Waals surface area contributed by atoms with Crippen LogP contribution >= 0.6 is 11.6 Å². The number of carbonyl (C=O) groups is 1. The number of hydrogen-bond acceptors (Lipinski definition) is 2. The average Bonchev–Trinajstić information content (AvgIpc) is 3.16. The standard InChI is InChI=1S/C14H19ClN2O/c1-2-14(13(16)18,17-9-10-3-4-10)11-5-7-12(15)8-6-11/h5-8,10,17H,2-4,9H2,1H3,(H2,16,18). The Morgan fingerprint density at radius 3 is 2.50 bits per heavy atom. The van der Waals surface area contributed by atoms with Crippen molar-refractivity contribution < 1.29 is 4.79 Å². The van der Waals surface area contributed by atoms with Gasteiger partial charge >= 0.3 is 0 Å². The summed E-state index contributed by atoms with van der Waals surface area (Å²) in [5, 5.41) is 4.02. The second-order valence-electron chi connectivity index (χ2n) is 4.95. The van der Waals surface area contributed by atoms with Gasteiger partial charge in [0.25, 0.3) is 0 Å². The molecule has 1 aliphatic carbocycles. The summed E-state index contributed by atoms with van der Waals surface area (Å²) in [6, 6.07) is 7.33. The van der Waals surface area contributed by atoms with Crippen LogP contribution in [-0.2, 0) is 10.3 Å². The van der Waals surface area contributed by atoms with Crippen LogP contribution in [0, 0.1) is 5.92 Å². The van der Waals surface area contributed by atoms with Crippen LogP contribution in [0.2, 0.25) is 5.02 Å². The number of amides is 1. The van der Waals surface area contributed by atoms with E-state index in [0.29, 0.717) is 17.4 Å².